The number of nitrogens with zero attached hydrogens (tertiary/aromatic N) is 2. The second-order valence-corrected chi connectivity index (χ2v) is 5.66. The largest absolute Gasteiger partial charge is 0.315 e. The molecule has 4 nitrogen and oxygen atoms in total. The molecule has 1 N–H and O–H groups in total. The average Bonchev–Trinajstić information content (AvgIpc) is 3.01. The molecule has 1 aliphatic carbocycles. The van der Waals surface area contributed by atoms with Crippen molar-refractivity contribution in [2.45, 2.75) is 38.3 Å². The molecule has 20 heavy (non-hydrogen) atoms. The smallest absolute Gasteiger partial charge is 0.261 e. The molecule has 4 heteroatoms. The SMILES string of the molecule is CNC(Cn1cnc2ccccc2c1=O)C1CCCC1. The molecule has 1 aromatic heterocycles. The summed E-state index contributed by atoms with van der Waals surface area (Å²) in [5.41, 5.74) is 0.837. The monoisotopic (exact) mass is 271 g/mol. The minimum absolute atomic E-state index is 0.0637. The van der Waals surface area contributed by atoms with E-state index in [1.807, 2.05) is 31.3 Å². The van der Waals surface area contributed by atoms with Crippen LogP contribution in [0.15, 0.2) is 35.4 Å². The third-order valence-electron chi connectivity index (χ3n) is 4.46. The van der Waals surface area contributed by atoms with E-state index in [4.69, 9.17) is 0 Å². The summed E-state index contributed by atoms with van der Waals surface area (Å²) in [7, 11) is 1.99. The van der Waals surface area contributed by atoms with E-state index >= 15 is 0 Å². The summed E-state index contributed by atoms with van der Waals surface area (Å²) in [6.07, 6.45) is 6.84. The second-order valence-electron chi connectivity index (χ2n) is 5.66. The third-order valence-corrected chi connectivity index (χ3v) is 4.46. The summed E-state index contributed by atoms with van der Waals surface area (Å²) < 4.78 is 1.75. The van der Waals surface area contributed by atoms with Gasteiger partial charge >= 0.3 is 0 Å². The molecule has 1 aliphatic rings. The summed E-state index contributed by atoms with van der Waals surface area (Å²) in [5, 5.41) is 4.09. The minimum Gasteiger partial charge on any atom is -0.315 e. The lowest BCUT2D eigenvalue weighted by Crippen LogP contribution is -2.39. The number of hydrogen-bond donors (Lipinski definition) is 1. The van der Waals surface area contributed by atoms with E-state index < -0.39 is 0 Å². The van der Waals surface area contributed by atoms with Gasteiger partial charge < -0.3 is 5.32 Å². The van der Waals surface area contributed by atoms with E-state index in [1.165, 1.54) is 25.7 Å². The van der Waals surface area contributed by atoms with Crippen LogP contribution in [0, 0.1) is 5.92 Å². The molecule has 1 heterocycles. The zero-order valence-corrected chi connectivity index (χ0v) is 11.9. The molecule has 106 valence electrons. The number of para-hydroxylation sites is 1. The van der Waals surface area contributed by atoms with Gasteiger partial charge in [0, 0.05) is 12.6 Å². The third kappa shape index (κ3) is 2.48. The highest BCUT2D eigenvalue weighted by Gasteiger charge is 2.24. The Bertz CT molecular complexity index is 643. The Morgan fingerprint density at radius 2 is 2.10 bits per heavy atom. The van der Waals surface area contributed by atoms with E-state index in [2.05, 4.69) is 10.3 Å². The van der Waals surface area contributed by atoms with Gasteiger partial charge in [-0.2, -0.15) is 0 Å². The summed E-state index contributed by atoms with van der Waals surface area (Å²) in [5.74, 6) is 0.679. The maximum absolute atomic E-state index is 12.5. The number of rotatable bonds is 4. The van der Waals surface area contributed by atoms with Crippen molar-refractivity contribution in [1.29, 1.82) is 0 Å². The van der Waals surface area contributed by atoms with Crippen LogP contribution in [0.1, 0.15) is 25.7 Å². The fraction of sp³-hybridized carbons (Fsp3) is 0.500. The first kappa shape index (κ1) is 13.3. The van der Waals surface area contributed by atoms with Crippen LogP contribution in [0.25, 0.3) is 10.9 Å². The van der Waals surface area contributed by atoms with Crippen molar-refractivity contribution in [3.05, 3.63) is 40.9 Å². The van der Waals surface area contributed by atoms with Crippen molar-refractivity contribution < 1.29 is 0 Å². The summed E-state index contributed by atoms with van der Waals surface area (Å²) >= 11 is 0. The Labute approximate surface area is 118 Å². The Hall–Kier alpha value is -1.68. The van der Waals surface area contributed by atoms with Crippen LogP contribution in [-0.4, -0.2) is 22.6 Å². The van der Waals surface area contributed by atoms with E-state index in [-0.39, 0.29) is 5.56 Å². The molecule has 1 saturated carbocycles. The van der Waals surface area contributed by atoms with Crippen molar-refractivity contribution >= 4 is 10.9 Å². The maximum atomic E-state index is 12.5. The number of fused-ring (bicyclic) bond motifs is 1. The molecule has 0 bridgehead atoms. The van der Waals surface area contributed by atoms with Crippen LogP contribution >= 0.6 is 0 Å². The topological polar surface area (TPSA) is 46.9 Å². The lowest BCUT2D eigenvalue weighted by Gasteiger charge is -2.23. The molecule has 3 rings (SSSR count). The van der Waals surface area contributed by atoms with Gasteiger partial charge in [-0.05, 0) is 37.9 Å². The molecular weight excluding hydrogens is 250 g/mol. The van der Waals surface area contributed by atoms with Crippen molar-refractivity contribution in [2.24, 2.45) is 5.92 Å². The number of hydrogen-bond acceptors (Lipinski definition) is 3. The average molecular weight is 271 g/mol. The van der Waals surface area contributed by atoms with Gasteiger partial charge in [0.25, 0.3) is 5.56 Å². The van der Waals surface area contributed by atoms with Crippen LogP contribution in [0.5, 0.6) is 0 Å². The van der Waals surface area contributed by atoms with Crippen LogP contribution in [0.2, 0.25) is 0 Å². The summed E-state index contributed by atoms with van der Waals surface area (Å²) in [6, 6.07) is 7.90. The molecule has 1 aromatic carbocycles. The van der Waals surface area contributed by atoms with Crippen molar-refractivity contribution in [3.63, 3.8) is 0 Å². The van der Waals surface area contributed by atoms with Crippen molar-refractivity contribution in [2.75, 3.05) is 7.05 Å². The van der Waals surface area contributed by atoms with Crippen molar-refractivity contribution in [1.82, 2.24) is 14.9 Å². The van der Waals surface area contributed by atoms with Crippen LogP contribution in [0.4, 0.5) is 0 Å². The Kier molecular flexibility index (Phi) is 3.83. The highest BCUT2D eigenvalue weighted by molar-refractivity contribution is 5.76. The Morgan fingerprint density at radius 3 is 2.85 bits per heavy atom. The minimum atomic E-state index is 0.0637. The van der Waals surface area contributed by atoms with E-state index in [9.17, 15) is 4.79 Å². The normalized spacial score (nSPS) is 17.6. The first-order valence-corrected chi connectivity index (χ1v) is 7.41. The Morgan fingerprint density at radius 1 is 1.35 bits per heavy atom. The lowest BCUT2D eigenvalue weighted by atomic mass is 9.98. The number of nitrogens with one attached hydrogen (secondary N) is 1. The predicted molar refractivity (Wildman–Crippen MR) is 80.8 cm³/mol. The fourth-order valence-electron chi connectivity index (χ4n) is 3.28. The highest BCUT2D eigenvalue weighted by Crippen LogP contribution is 2.28. The zero-order valence-electron chi connectivity index (χ0n) is 11.9. The molecule has 2 aromatic rings. The molecule has 0 spiro atoms. The van der Waals surface area contributed by atoms with Gasteiger partial charge in [0.2, 0.25) is 0 Å². The zero-order chi connectivity index (χ0) is 13.9. The summed E-state index contributed by atoms with van der Waals surface area (Å²) in [4.78, 5) is 16.9. The van der Waals surface area contributed by atoms with Gasteiger partial charge in [-0.3, -0.25) is 9.36 Å². The molecule has 1 fully saturated rings. The standard InChI is InChI=1S/C16H21N3O/c1-17-15(12-6-2-3-7-12)10-19-11-18-14-9-5-4-8-13(14)16(19)20/h4-5,8-9,11-12,15,17H,2-3,6-7,10H2,1H3. The molecule has 0 aliphatic heterocycles. The lowest BCUT2D eigenvalue weighted by molar-refractivity contribution is 0.336. The van der Waals surface area contributed by atoms with Crippen LogP contribution < -0.4 is 10.9 Å². The van der Waals surface area contributed by atoms with E-state index in [0.29, 0.717) is 23.9 Å². The van der Waals surface area contributed by atoms with Crippen LogP contribution in [-0.2, 0) is 6.54 Å². The van der Waals surface area contributed by atoms with Gasteiger partial charge in [-0.25, -0.2) is 4.98 Å². The van der Waals surface area contributed by atoms with E-state index in [1.54, 1.807) is 10.9 Å². The first-order chi connectivity index (χ1) is 9.79. The Balaban J connectivity index is 1.90. The van der Waals surface area contributed by atoms with Gasteiger partial charge in [-0.15, -0.1) is 0 Å². The number of aromatic nitrogens is 2. The summed E-state index contributed by atoms with van der Waals surface area (Å²) in [6.45, 7) is 0.706. The second kappa shape index (κ2) is 5.75. The van der Waals surface area contributed by atoms with Gasteiger partial charge in [0.05, 0.1) is 17.2 Å². The van der Waals surface area contributed by atoms with E-state index in [0.717, 1.165) is 5.52 Å². The van der Waals surface area contributed by atoms with Gasteiger partial charge in [0.1, 0.15) is 0 Å². The number of benzene rings is 1. The molecule has 1 atom stereocenters. The predicted octanol–water partition coefficient (Wildman–Crippen LogP) is 2.17. The first-order valence-electron chi connectivity index (χ1n) is 7.41. The quantitative estimate of drug-likeness (QED) is 0.927. The maximum Gasteiger partial charge on any atom is 0.261 e. The van der Waals surface area contributed by atoms with Crippen molar-refractivity contribution in [3.8, 4) is 0 Å². The number of likely N-dealkylation sites (N-methyl/N-ethyl adjacent to an activating group) is 1. The molecule has 0 amide bonds. The highest BCUT2D eigenvalue weighted by atomic mass is 16.1. The molecular formula is C16H21N3O. The molecule has 0 radical (unpaired) electrons. The van der Waals surface area contributed by atoms with Gasteiger partial charge in [0.15, 0.2) is 0 Å². The van der Waals surface area contributed by atoms with Gasteiger partial charge in [-0.1, -0.05) is 25.0 Å². The molecule has 1 unspecified atom stereocenters. The fourth-order valence-corrected chi connectivity index (χ4v) is 3.28. The molecule has 0 saturated heterocycles. The van der Waals surface area contributed by atoms with Crippen LogP contribution in [0.3, 0.4) is 0 Å².